The van der Waals surface area contributed by atoms with Gasteiger partial charge in [0.25, 0.3) is 11.8 Å². The summed E-state index contributed by atoms with van der Waals surface area (Å²) in [5, 5.41) is 7.88. The standard InChI is InChI=1S/C57H80N4O21Si/c1-16-24-74-45(65)19-17-25-73-44-29-41(39(28-43(44)71-12)51(67)61-30-33(2)26-38(61)32-76-83(14,15)57(9,10)11)60-55(70)75-31-37-20-21-42(40(27-37)50(66)58-22-18-23-59-54(69)82-56(6,7)8)80-53-49(79-36(5)64)47(78-35(4)63)46(77-34(3)62)48(81-53)52(68)72-13/h16,20-21,27-29,38,46-49,53H,1-2,17-19,22-26,30-32H2,3-15H3,(H,58,66)(H,59,69)(H,60,70)/t38-,46-,47-,48-,49+,53+/m0/s1. The molecule has 2 aromatic carbocycles. The monoisotopic (exact) mass is 1180 g/mol. The van der Waals surface area contributed by atoms with Crippen molar-refractivity contribution in [3.63, 3.8) is 0 Å². The molecule has 0 radical (unpaired) electrons. The summed E-state index contributed by atoms with van der Waals surface area (Å²) in [6.45, 7) is 26.6. The molecule has 83 heavy (non-hydrogen) atoms. The number of carbonyl (C=O) groups is 9. The van der Waals surface area contributed by atoms with Crippen LogP contribution in [-0.4, -0.2) is 163 Å². The van der Waals surface area contributed by atoms with Crippen LogP contribution < -0.4 is 30.2 Å². The molecular weight excluding hydrogens is 1100 g/mol. The number of carbonyl (C=O) groups excluding carboxylic acids is 9. The van der Waals surface area contributed by atoms with E-state index in [1.807, 2.05) is 0 Å². The number of nitrogens with one attached hydrogen (secondary N) is 3. The molecule has 458 valence electrons. The van der Waals surface area contributed by atoms with E-state index < -0.39 is 111 Å². The molecule has 0 saturated carbocycles. The van der Waals surface area contributed by atoms with E-state index in [1.165, 1.54) is 43.5 Å². The molecule has 0 bridgehead atoms. The van der Waals surface area contributed by atoms with Gasteiger partial charge < -0.3 is 72.1 Å². The third-order valence-corrected chi connectivity index (χ3v) is 17.5. The third kappa shape index (κ3) is 20.6. The summed E-state index contributed by atoms with van der Waals surface area (Å²) < 4.78 is 67.7. The number of esters is 5. The summed E-state index contributed by atoms with van der Waals surface area (Å²) in [5.74, 6) is -5.61. The van der Waals surface area contributed by atoms with Crippen LogP contribution in [0.1, 0.15) is 114 Å². The summed E-state index contributed by atoms with van der Waals surface area (Å²) in [6, 6.07) is 6.43. The summed E-state index contributed by atoms with van der Waals surface area (Å²) in [4.78, 5) is 120. The van der Waals surface area contributed by atoms with Crippen LogP contribution in [0.3, 0.4) is 0 Å². The van der Waals surface area contributed by atoms with Crippen molar-refractivity contribution in [3.05, 3.63) is 71.8 Å². The first-order valence-corrected chi connectivity index (χ1v) is 29.8. The second kappa shape index (κ2) is 30.5. The number of anilines is 1. The molecule has 2 aliphatic rings. The molecule has 25 nitrogen and oxygen atoms in total. The van der Waals surface area contributed by atoms with Gasteiger partial charge in [0.2, 0.25) is 12.4 Å². The zero-order valence-electron chi connectivity index (χ0n) is 49.6. The van der Waals surface area contributed by atoms with Gasteiger partial charge >= 0.3 is 42.0 Å². The fourth-order valence-corrected chi connectivity index (χ4v) is 9.15. The van der Waals surface area contributed by atoms with Crippen molar-refractivity contribution >= 4 is 67.9 Å². The molecule has 2 aromatic rings. The van der Waals surface area contributed by atoms with E-state index in [0.717, 1.165) is 33.5 Å². The van der Waals surface area contributed by atoms with E-state index in [2.05, 4.69) is 63.0 Å². The molecule has 2 aliphatic heterocycles. The maximum atomic E-state index is 14.8. The quantitative estimate of drug-likeness (QED) is 0.0285. The average Bonchev–Trinajstić information content (AvgIpc) is 4.01. The molecule has 4 rings (SSSR count). The van der Waals surface area contributed by atoms with Crippen molar-refractivity contribution < 1.29 is 99.7 Å². The summed E-state index contributed by atoms with van der Waals surface area (Å²) in [5.41, 5.74) is -0.00408. The Morgan fingerprint density at radius 2 is 1.43 bits per heavy atom. The van der Waals surface area contributed by atoms with E-state index in [4.69, 9.17) is 56.5 Å². The number of ether oxygens (including phenoxy) is 11. The number of rotatable bonds is 26. The lowest BCUT2D eigenvalue weighted by atomic mass is 9.97. The molecule has 26 heteroatoms. The van der Waals surface area contributed by atoms with Crippen LogP contribution in [0.15, 0.2) is 55.1 Å². The van der Waals surface area contributed by atoms with Gasteiger partial charge in [0.15, 0.2) is 38.1 Å². The van der Waals surface area contributed by atoms with E-state index in [-0.39, 0.29) is 103 Å². The molecule has 2 fully saturated rings. The second-order valence-corrected chi connectivity index (χ2v) is 26.8. The minimum atomic E-state index is -2.26. The largest absolute Gasteiger partial charge is 0.493 e. The van der Waals surface area contributed by atoms with Crippen LogP contribution in [0.5, 0.6) is 17.2 Å². The van der Waals surface area contributed by atoms with Crippen LogP contribution in [0.2, 0.25) is 18.1 Å². The van der Waals surface area contributed by atoms with Crippen LogP contribution >= 0.6 is 0 Å². The van der Waals surface area contributed by atoms with Crippen molar-refractivity contribution in [3.8, 4) is 17.2 Å². The minimum Gasteiger partial charge on any atom is -0.493 e. The van der Waals surface area contributed by atoms with Crippen molar-refractivity contribution in [1.29, 1.82) is 0 Å². The zero-order chi connectivity index (χ0) is 62.0. The first kappa shape index (κ1) is 67.8. The average molecular weight is 1190 g/mol. The molecule has 2 saturated heterocycles. The van der Waals surface area contributed by atoms with Gasteiger partial charge in [-0.05, 0) is 81.9 Å². The van der Waals surface area contributed by atoms with E-state index in [9.17, 15) is 43.2 Å². The van der Waals surface area contributed by atoms with Crippen LogP contribution in [0.4, 0.5) is 15.3 Å². The molecule has 3 N–H and O–H groups in total. The highest BCUT2D eigenvalue weighted by molar-refractivity contribution is 6.74. The van der Waals surface area contributed by atoms with E-state index in [1.54, 1.807) is 25.7 Å². The third-order valence-electron chi connectivity index (χ3n) is 13.0. The second-order valence-electron chi connectivity index (χ2n) is 21.9. The van der Waals surface area contributed by atoms with E-state index in [0.29, 0.717) is 6.42 Å². The molecule has 0 unspecified atom stereocenters. The number of hydrogen-bond acceptors (Lipinski definition) is 21. The van der Waals surface area contributed by atoms with E-state index >= 15 is 0 Å². The lowest BCUT2D eigenvalue weighted by Gasteiger charge is -2.43. The normalized spacial score (nSPS) is 18.8. The van der Waals surface area contributed by atoms with Gasteiger partial charge in [-0.1, -0.05) is 51.6 Å². The molecule has 6 atom stereocenters. The Morgan fingerprint density at radius 3 is 2.05 bits per heavy atom. The lowest BCUT2D eigenvalue weighted by molar-refractivity contribution is -0.282. The first-order valence-electron chi connectivity index (χ1n) is 26.8. The minimum absolute atomic E-state index is 0.00878. The summed E-state index contributed by atoms with van der Waals surface area (Å²) in [6.07, 6.45) is -8.16. The smallest absolute Gasteiger partial charge is 0.411 e. The Hall–Kier alpha value is -7.71. The fraction of sp³-hybridized carbons (Fsp3) is 0.561. The van der Waals surface area contributed by atoms with Gasteiger partial charge in [-0.15, -0.1) is 0 Å². The predicted molar refractivity (Wildman–Crippen MR) is 300 cm³/mol. The number of alkyl carbamates (subject to hydrolysis) is 1. The Balaban J connectivity index is 1.72. The lowest BCUT2D eigenvalue weighted by Crippen LogP contribution is -2.64. The van der Waals surface area contributed by atoms with Gasteiger partial charge in [-0.3, -0.25) is 34.1 Å². The van der Waals surface area contributed by atoms with Crippen LogP contribution in [0, 0.1) is 0 Å². The highest BCUT2D eigenvalue weighted by Gasteiger charge is 2.56. The number of likely N-dealkylation sites (tertiary alicyclic amines) is 1. The number of hydrogen-bond donors (Lipinski definition) is 3. The molecule has 0 aliphatic carbocycles. The molecule has 4 amide bonds. The SMILES string of the molecule is C=CCOC(=O)CCCOc1cc(NC(=O)OCc2ccc(O[C@@H]3O[C@H](C(=O)OC)[C@@H](OC(C)=O)[C@H](OC(C)=O)[C@H]3OC(C)=O)c(C(=O)NCCCNC(=O)OC(C)(C)C)c2)c(C(=O)N2CC(=C)C[C@H]2CO[Si](C)(C)C(C)(C)C)cc1OC. The highest BCUT2D eigenvalue weighted by atomic mass is 28.4. The summed E-state index contributed by atoms with van der Waals surface area (Å²) >= 11 is 0. The van der Waals surface area contributed by atoms with Gasteiger partial charge in [0.1, 0.15) is 24.6 Å². The Bertz CT molecular complexity index is 2700. The van der Waals surface area contributed by atoms with Crippen LogP contribution in [0.25, 0.3) is 0 Å². The maximum absolute atomic E-state index is 14.8. The number of amides is 4. The van der Waals surface area contributed by atoms with Gasteiger partial charge in [0.05, 0.1) is 50.3 Å². The van der Waals surface area contributed by atoms with Crippen LogP contribution in [-0.2, 0) is 72.9 Å². The number of methoxy groups -OCH3 is 2. The molecule has 0 spiro atoms. The Labute approximate surface area is 484 Å². The van der Waals surface area contributed by atoms with Gasteiger partial charge in [0, 0.05) is 52.9 Å². The fourth-order valence-electron chi connectivity index (χ4n) is 8.11. The van der Waals surface area contributed by atoms with Gasteiger partial charge in [-0.25, -0.2) is 14.4 Å². The van der Waals surface area contributed by atoms with Gasteiger partial charge in [-0.2, -0.15) is 0 Å². The molecule has 0 aromatic heterocycles. The maximum Gasteiger partial charge on any atom is 0.411 e. The van der Waals surface area contributed by atoms with Crippen molar-refractivity contribution in [1.82, 2.24) is 15.5 Å². The van der Waals surface area contributed by atoms with Crippen molar-refractivity contribution in [2.75, 3.05) is 59.0 Å². The Kier molecular flexibility index (Phi) is 24.9. The number of benzene rings is 2. The molecule has 2 heterocycles. The molecular formula is C57H80N4O21Si. The first-order chi connectivity index (χ1) is 38.9. The Morgan fingerprint density at radius 1 is 0.783 bits per heavy atom. The topological polar surface area (TPSA) is 304 Å². The number of nitrogens with zero attached hydrogens (tertiary/aromatic N) is 1. The van der Waals surface area contributed by atoms with Crippen molar-refractivity contribution in [2.24, 2.45) is 0 Å². The van der Waals surface area contributed by atoms with Crippen molar-refractivity contribution in [2.45, 2.75) is 155 Å². The summed E-state index contributed by atoms with van der Waals surface area (Å²) in [7, 11) is 0.145. The predicted octanol–water partition coefficient (Wildman–Crippen LogP) is 6.84. The zero-order valence-corrected chi connectivity index (χ0v) is 50.6. The highest BCUT2D eigenvalue weighted by Crippen LogP contribution is 2.40.